The van der Waals surface area contributed by atoms with Crippen LogP contribution in [0.15, 0.2) is 4.99 Å². The van der Waals surface area contributed by atoms with Gasteiger partial charge in [-0.2, -0.15) is 0 Å². The Hall–Kier alpha value is -0.770. The van der Waals surface area contributed by atoms with Gasteiger partial charge < -0.3 is 15.8 Å². The molecule has 1 unspecified atom stereocenters. The first-order valence-electron chi connectivity index (χ1n) is 6.96. The lowest BCUT2D eigenvalue weighted by molar-refractivity contribution is 0.179. The maximum atomic E-state index is 5.85. The van der Waals surface area contributed by atoms with E-state index in [1.165, 1.54) is 25.7 Å². The van der Waals surface area contributed by atoms with E-state index in [4.69, 9.17) is 10.5 Å². The Labute approximate surface area is 112 Å². The first-order valence-corrected chi connectivity index (χ1v) is 6.96. The number of nitrogens with zero attached hydrogens (tertiary/aromatic N) is 1. The lowest BCUT2D eigenvalue weighted by atomic mass is 9.87. The molecule has 1 atom stereocenters. The van der Waals surface area contributed by atoms with Gasteiger partial charge in [-0.1, -0.05) is 40.0 Å². The van der Waals surface area contributed by atoms with Crippen LogP contribution in [0.4, 0.5) is 0 Å². The fraction of sp³-hybridized carbons (Fsp3) is 0.929. The van der Waals surface area contributed by atoms with Gasteiger partial charge in [-0.05, 0) is 18.8 Å². The zero-order valence-corrected chi connectivity index (χ0v) is 12.8. The summed E-state index contributed by atoms with van der Waals surface area (Å²) >= 11 is 0. The van der Waals surface area contributed by atoms with E-state index in [1.54, 1.807) is 7.11 Å². The molecule has 0 rings (SSSR count). The summed E-state index contributed by atoms with van der Waals surface area (Å²) in [4.78, 5) is 4.42. The van der Waals surface area contributed by atoms with Crippen molar-refractivity contribution in [2.75, 3.05) is 20.3 Å². The van der Waals surface area contributed by atoms with Crippen LogP contribution in [0.1, 0.15) is 53.4 Å². The Morgan fingerprint density at radius 3 is 2.61 bits per heavy atom. The molecule has 0 saturated heterocycles. The van der Waals surface area contributed by atoms with Crippen molar-refractivity contribution in [3.8, 4) is 0 Å². The third kappa shape index (κ3) is 9.28. The fourth-order valence-corrected chi connectivity index (χ4v) is 1.82. The number of rotatable bonds is 9. The molecule has 0 aromatic rings. The van der Waals surface area contributed by atoms with E-state index in [1.807, 2.05) is 6.92 Å². The minimum atomic E-state index is 0.196. The maximum Gasteiger partial charge on any atom is 0.188 e. The third-order valence-electron chi connectivity index (χ3n) is 2.95. The zero-order valence-electron chi connectivity index (χ0n) is 12.8. The third-order valence-corrected chi connectivity index (χ3v) is 2.95. The second-order valence-corrected chi connectivity index (χ2v) is 5.82. The van der Waals surface area contributed by atoms with Gasteiger partial charge in [0.25, 0.3) is 0 Å². The number of ether oxygens (including phenoxy) is 1. The molecule has 0 radical (unpaired) electrons. The highest BCUT2D eigenvalue weighted by molar-refractivity contribution is 5.78. The van der Waals surface area contributed by atoms with Crippen molar-refractivity contribution in [1.82, 2.24) is 5.32 Å². The number of nitrogens with one attached hydrogen (secondary N) is 1. The summed E-state index contributed by atoms with van der Waals surface area (Å²) in [5.74, 6) is 0.517. The molecular formula is C14H31N3O. The van der Waals surface area contributed by atoms with Crippen molar-refractivity contribution in [3.05, 3.63) is 0 Å². The van der Waals surface area contributed by atoms with Gasteiger partial charge in [0.05, 0.1) is 6.61 Å². The van der Waals surface area contributed by atoms with Gasteiger partial charge in [0.1, 0.15) is 0 Å². The lowest BCUT2D eigenvalue weighted by Crippen LogP contribution is -2.41. The largest absolute Gasteiger partial charge is 0.383 e. The van der Waals surface area contributed by atoms with Gasteiger partial charge >= 0.3 is 0 Å². The molecule has 0 aliphatic heterocycles. The summed E-state index contributed by atoms with van der Waals surface area (Å²) in [5.41, 5.74) is 6.08. The molecule has 0 fully saturated rings. The van der Waals surface area contributed by atoms with Crippen LogP contribution in [0.5, 0.6) is 0 Å². The predicted molar refractivity (Wildman–Crippen MR) is 78.9 cm³/mol. The minimum absolute atomic E-state index is 0.196. The molecule has 0 aromatic heterocycles. The van der Waals surface area contributed by atoms with Crippen LogP contribution < -0.4 is 11.1 Å². The monoisotopic (exact) mass is 257 g/mol. The average molecular weight is 257 g/mol. The van der Waals surface area contributed by atoms with Crippen LogP contribution in [-0.2, 0) is 4.74 Å². The van der Waals surface area contributed by atoms with Crippen LogP contribution in [0.3, 0.4) is 0 Å². The molecule has 0 bridgehead atoms. The van der Waals surface area contributed by atoms with Gasteiger partial charge in [0.15, 0.2) is 5.96 Å². The summed E-state index contributed by atoms with van der Waals surface area (Å²) in [6.45, 7) is 10.2. The molecule has 108 valence electrons. The molecule has 0 saturated carbocycles. The molecule has 4 nitrogen and oxygen atoms in total. The highest BCUT2D eigenvalue weighted by Crippen LogP contribution is 2.23. The molecular weight excluding hydrogens is 226 g/mol. The Morgan fingerprint density at radius 2 is 2.06 bits per heavy atom. The molecule has 3 N–H and O–H groups in total. The van der Waals surface area contributed by atoms with Crippen molar-refractivity contribution in [3.63, 3.8) is 0 Å². The van der Waals surface area contributed by atoms with Crippen molar-refractivity contribution in [2.24, 2.45) is 16.1 Å². The molecule has 18 heavy (non-hydrogen) atoms. The van der Waals surface area contributed by atoms with Gasteiger partial charge in [-0.15, -0.1) is 0 Å². The van der Waals surface area contributed by atoms with E-state index in [0.717, 1.165) is 6.54 Å². The highest BCUT2D eigenvalue weighted by Gasteiger charge is 2.16. The number of nitrogens with two attached hydrogens (primary N) is 1. The number of guanidine groups is 1. The topological polar surface area (TPSA) is 59.6 Å². The number of hydrogen-bond donors (Lipinski definition) is 2. The van der Waals surface area contributed by atoms with Crippen molar-refractivity contribution in [1.29, 1.82) is 0 Å². The molecule has 0 aliphatic carbocycles. The summed E-state index contributed by atoms with van der Waals surface area (Å²) in [5, 5.41) is 3.12. The molecule has 0 spiro atoms. The first-order chi connectivity index (χ1) is 8.41. The maximum absolute atomic E-state index is 5.85. The molecule has 0 aromatic carbocycles. The molecule has 0 aliphatic rings. The summed E-state index contributed by atoms with van der Waals surface area (Å²) < 4.78 is 5.04. The first kappa shape index (κ1) is 17.2. The summed E-state index contributed by atoms with van der Waals surface area (Å²) in [7, 11) is 1.68. The van der Waals surface area contributed by atoms with E-state index in [0.29, 0.717) is 12.6 Å². The normalized spacial score (nSPS) is 14.6. The molecule has 4 heteroatoms. The zero-order chi connectivity index (χ0) is 14.0. The quantitative estimate of drug-likeness (QED) is 0.379. The van der Waals surface area contributed by atoms with Crippen LogP contribution in [0.25, 0.3) is 0 Å². The lowest BCUT2D eigenvalue weighted by Gasteiger charge is -2.23. The Morgan fingerprint density at radius 1 is 1.39 bits per heavy atom. The Kier molecular flexibility index (Phi) is 8.81. The second-order valence-electron chi connectivity index (χ2n) is 5.82. The average Bonchev–Trinajstić information content (AvgIpc) is 2.27. The van der Waals surface area contributed by atoms with E-state index >= 15 is 0 Å². The van der Waals surface area contributed by atoms with Crippen molar-refractivity contribution in [2.45, 2.75) is 59.4 Å². The molecule has 0 heterocycles. The van der Waals surface area contributed by atoms with Crippen LogP contribution in [0.2, 0.25) is 0 Å². The minimum Gasteiger partial charge on any atom is -0.383 e. The van der Waals surface area contributed by atoms with E-state index < -0.39 is 0 Å². The standard InChI is InChI=1S/C14H31N3O/c1-6-7-8-9-14(3,4)11-16-13(15)17-12(2)10-18-5/h12H,6-11H2,1-5H3,(H3,15,16,17). The Bertz CT molecular complexity index is 239. The second kappa shape index (κ2) is 9.20. The van der Waals surface area contributed by atoms with E-state index in [-0.39, 0.29) is 11.5 Å². The molecule has 0 amide bonds. The van der Waals surface area contributed by atoms with Crippen molar-refractivity contribution < 1.29 is 4.74 Å². The van der Waals surface area contributed by atoms with Crippen LogP contribution in [0, 0.1) is 5.41 Å². The van der Waals surface area contributed by atoms with Crippen LogP contribution >= 0.6 is 0 Å². The van der Waals surface area contributed by atoms with E-state index in [2.05, 4.69) is 31.1 Å². The van der Waals surface area contributed by atoms with Crippen molar-refractivity contribution >= 4 is 5.96 Å². The predicted octanol–water partition coefficient (Wildman–Crippen LogP) is 2.53. The number of unbranched alkanes of at least 4 members (excludes halogenated alkanes) is 2. The SMILES string of the molecule is CCCCCC(C)(C)CN=C(N)NC(C)COC. The smallest absolute Gasteiger partial charge is 0.188 e. The summed E-state index contributed by atoms with van der Waals surface area (Å²) in [6.07, 6.45) is 5.03. The fourth-order valence-electron chi connectivity index (χ4n) is 1.82. The summed E-state index contributed by atoms with van der Waals surface area (Å²) in [6, 6.07) is 0.196. The van der Waals surface area contributed by atoms with E-state index in [9.17, 15) is 0 Å². The number of hydrogen-bond acceptors (Lipinski definition) is 2. The number of aliphatic imine (C=N–C) groups is 1. The highest BCUT2D eigenvalue weighted by atomic mass is 16.5. The Balaban J connectivity index is 4.01. The number of methoxy groups -OCH3 is 1. The van der Waals surface area contributed by atoms with Gasteiger partial charge in [0, 0.05) is 19.7 Å². The van der Waals surface area contributed by atoms with Gasteiger partial charge in [-0.3, -0.25) is 4.99 Å². The van der Waals surface area contributed by atoms with Crippen LogP contribution in [-0.4, -0.2) is 32.3 Å². The van der Waals surface area contributed by atoms with Gasteiger partial charge in [-0.25, -0.2) is 0 Å². The van der Waals surface area contributed by atoms with Gasteiger partial charge in [0.2, 0.25) is 0 Å².